The monoisotopic (exact) mass is 245 g/mol. The smallest absolute Gasteiger partial charge is 0.261 e. The molecule has 1 fully saturated rings. The fourth-order valence-corrected chi connectivity index (χ4v) is 2.56. The Balaban J connectivity index is 1.79. The summed E-state index contributed by atoms with van der Waals surface area (Å²) in [7, 11) is 0. The Kier molecular flexibility index (Phi) is 2.88. The summed E-state index contributed by atoms with van der Waals surface area (Å²) in [5.74, 6) is -0.380. The van der Waals surface area contributed by atoms with Gasteiger partial charge in [0.15, 0.2) is 0 Å². The van der Waals surface area contributed by atoms with Crippen molar-refractivity contribution in [1.82, 2.24) is 4.90 Å². The summed E-state index contributed by atoms with van der Waals surface area (Å²) in [6.45, 7) is 1.11. The van der Waals surface area contributed by atoms with E-state index >= 15 is 0 Å². The zero-order valence-electron chi connectivity index (χ0n) is 10.1. The largest absolute Gasteiger partial charge is 0.376 e. The number of nitrogens with zero attached hydrogens (tertiary/aromatic N) is 1. The van der Waals surface area contributed by atoms with E-state index in [-0.39, 0.29) is 17.9 Å². The van der Waals surface area contributed by atoms with E-state index in [9.17, 15) is 9.59 Å². The highest BCUT2D eigenvalue weighted by Crippen LogP contribution is 2.24. The molecular weight excluding hydrogens is 230 g/mol. The zero-order valence-corrected chi connectivity index (χ0v) is 10.1. The molecule has 94 valence electrons. The summed E-state index contributed by atoms with van der Waals surface area (Å²) in [5.41, 5.74) is 1.02. The number of hydrogen-bond donors (Lipinski definition) is 0. The lowest BCUT2D eigenvalue weighted by molar-refractivity contribution is -0.00111. The number of fused-ring (bicyclic) bond motifs is 1. The van der Waals surface area contributed by atoms with E-state index in [2.05, 4.69) is 0 Å². The van der Waals surface area contributed by atoms with Gasteiger partial charge in [-0.2, -0.15) is 0 Å². The Bertz CT molecular complexity index is 457. The number of carbonyl (C=O) groups is 2. The predicted octanol–water partition coefficient (Wildman–Crippen LogP) is 1.85. The molecule has 2 aliphatic heterocycles. The van der Waals surface area contributed by atoms with Crippen molar-refractivity contribution in [2.45, 2.75) is 25.4 Å². The average molecular weight is 245 g/mol. The van der Waals surface area contributed by atoms with Gasteiger partial charge in [0, 0.05) is 6.61 Å². The quantitative estimate of drug-likeness (QED) is 0.747. The third-order valence-corrected chi connectivity index (χ3v) is 3.54. The van der Waals surface area contributed by atoms with Crippen LogP contribution in [0.4, 0.5) is 0 Å². The number of hydrogen-bond acceptors (Lipinski definition) is 3. The summed E-state index contributed by atoms with van der Waals surface area (Å²) >= 11 is 0. The molecule has 2 amide bonds. The molecule has 3 rings (SSSR count). The van der Waals surface area contributed by atoms with Crippen molar-refractivity contribution in [1.29, 1.82) is 0 Å². The van der Waals surface area contributed by atoms with Crippen molar-refractivity contribution in [3.05, 3.63) is 35.4 Å². The molecule has 4 heteroatoms. The van der Waals surface area contributed by atoms with Crippen LogP contribution in [-0.2, 0) is 4.74 Å². The van der Waals surface area contributed by atoms with Gasteiger partial charge in [0.05, 0.1) is 23.8 Å². The Labute approximate surface area is 106 Å². The first-order chi connectivity index (χ1) is 8.77. The van der Waals surface area contributed by atoms with E-state index in [1.54, 1.807) is 24.3 Å². The highest BCUT2D eigenvalue weighted by molar-refractivity contribution is 6.21. The first kappa shape index (κ1) is 11.4. The van der Waals surface area contributed by atoms with Crippen LogP contribution in [0, 0.1) is 0 Å². The van der Waals surface area contributed by atoms with Crippen LogP contribution < -0.4 is 0 Å². The minimum atomic E-state index is -0.190. The number of benzene rings is 1. The van der Waals surface area contributed by atoms with Gasteiger partial charge in [0.25, 0.3) is 11.8 Å². The second-order valence-electron chi connectivity index (χ2n) is 4.76. The lowest BCUT2D eigenvalue weighted by atomic mass is 10.1. The molecular formula is C14H15NO3. The normalized spacial score (nSPS) is 23.3. The molecule has 0 radical (unpaired) electrons. The molecule has 2 heterocycles. The first-order valence-corrected chi connectivity index (χ1v) is 6.34. The maximum absolute atomic E-state index is 12.1. The Morgan fingerprint density at radius 1 is 1.11 bits per heavy atom. The van der Waals surface area contributed by atoms with Gasteiger partial charge in [-0.15, -0.1) is 0 Å². The van der Waals surface area contributed by atoms with Gasteiger partial charge in [0.1, 0.15) is 0 Å². The summed E-state index contributed by atoms with van der Waals surface area (Å²) in [6, 6.07) is 6.98. The number of rotatable bonds is 2. The predicted molar refractivity (Wildman–Crippen MR) is 65.4 cm³/mol. The van der Waals surface area contributed by atoms with E-state index in [1.807, 2.05) is 0 Å². The first-order valence-electron chi connectivity index (χ1n) is 6.34. The van der Waals surface area contributed by atoms with Crippen molar-refractivity contribution in [3.63, 3.8) is 0 Å². The second-order valence-corrected chi connectivity index (χ2v) is 4.76. The third-order valence-electron chi connectivity index (χ3n) is 3.54. The second kappa shape index (κ2) is 4.53. The van der Waals surface area contributed by atoms with Crippen molar-refractivity contribution in [3.8, 4) is 0 Å². The van der Waals surface area contributed by atoms with E-state index < -0.39 is 0 Å². The molecule has 1 aromatic carbocycles. The van der Waals surface area contributed by atoms with Gasteiger partial charge in [-0.05, 0) is 31.4 Å². The molecule has 0 saturated carbocycles. The van der Waals surface area contributed by atoms with Crippen LogP contribution in [0.2, 0.25) is 0 Å². The Morgan fingerprint density at radius 3 is 2.33 bits per heavy atom. The molecule has 1 aromatic rings. The Morgan fingerprint density at radius 2 is 1.78 bits per heavy atom. The van der Waals surface area contributed by atoms with Crippen molar-refractivity contribution < 1.29 is 14.3 Å². The molecule has 0 aliphatic carbocycles. The topological polar surface area (TPSA) is 46.6 Å². The van der Waals surface area contributed by atoms with E-state index in [4.69, 9.17) is 4.74 Å². The lowest BCUT2D eigenvalue weighted by Gasteiger charge is -2.26. The molecule has 4 nitrogen and oxygen atoms in total. The average Bonchev–Trinajstić information content (AvgIpc) is 2.66. The van der Waals surface area contributed by atoms with Crippen LogP contribution >= 0.6 is 0 Å². The van der Waals surface area contributed by atoms with Crippen LogP contribution in [0.3, 0.4) is 0 Å². The molecule has 2 aliphatic rings. The van der Waals surface area contributed by atoms with Gasteiger partial charge in [0.2, 0.25) is 0 Å². The summed E-state index contributed by atoms with van der Waals surface area (Å²) in [6.07, 6.45) is 3.10. The molecule has 0 N–H and O–H groups in total. The van der Waals surface area contributed by atoms with E-state index in [1.165, 1.54) is 4.90 Å². The number of amides is 2. The molecule has 18 heavy (non-hydrogen) atoms. The van der Waals surface area contributed by atoms with Crippen molar-refractivity contribution in [2.75, 3.05) is 13.2 Å². The molecule has 1 saturated heterocycles. The maximum atomic E-state index is 12.1. The molecule has 0 unspecified atom stereocenters. The fourth-order valence-electron chi connectivity index (χ4n) is 2.56. The minimum Gasteiger partial charge on any atom is -0.376 e. The SMILES string of the molecule is O=C1c2ccccc2C(=O)N1C[C@H]1CCCCO1. The lowest BCUT2D eigenvalue weighted by Crippen LogP contribution is -2.39. The minimum absolute atomic E-state index is 0.000891. The fraction of sp³-hybridized carbons (Fsp3) is 0.429. The maximum Gasteiger partial charge on any atom is 0.261 e. The highest BCUT2D eigenvalue weighted by atomic mass is 16.5. The number of imide groups is 1. The Hall–Kier alpha value is -1.68. The molecule has 0 bridgehead atoms. The van der Waals surface area contributed by atoms with Crippen LogP contribution in [-0.4, -0.2) is 36.0 Å². The van der Waals surface area contributed by atoms with Gasteiger partial charge >= 0.3 is 0 Å². The third kappa shape index (κ3) is 1.82. The van der Waals surface area contributed by atoms with Gasteiger partial charge in [-0.3, -0.25) is 14.5 Å². The zero-order chi connectivity index (χ0) is 12.5. The van der Waals surface area contributed by atoms with Gasteiger partial charge in [-0.25, -0.2) is 0 Å². The summed E-state index contributed by atoms with van der Waals surface area (Å²) in [5, 5.41) is 0. The molecule has 0 aromatic heterocycles. The van der Waals surface area contributed by atoms with Crippen LogP contribution in [0.15, 0.2) is 24.3 Å². The molecule has 0 spiro atoms. The van der Waals surface area contributed by atoms with Crippen LogP contribution in [0.1, 0.15) is 40.0 Å². The molecule has 1 atom stereocenters. The summed E-state index contributed by atoms with van der Waals surface area (Å²) in [4.78, 5) is 25.6. The van der Waals surface area contributed by atoms with Crippen molar-refractivity contribution in [2.24, 2.45) is 0 Å². The van der Waals surface area contributed by atoms with Gasteiger partial charge in [-0.1, -0.05) is 12.1 Å². The van der Waals surface area contributed by atoms with Crippen LogP contribution in [0.25, 0.3) is 0 Å². The van der Waals surface area contributed by atoms with E-state index in [0.29, 0.717) is 17.7 Å². The number of carbonyl (C=O) groups excluding carboxylic acids is 2. The van der Waals surface area contributed by atoms with E-state index in [0.717, 1.165) is 25.9 Å². The van der Waals surface area contributed by atoms with Crippen LogP contribution in [0.5, 0.6) is 0 Å². The highest BCUT2D eigenvalue weighted by Gasteiger charge is 2.36. The number of ether oxygens (including phenoxy) is 1. The standard InChI is InChI=1S/C14H15NO3/c16-13-11-6-1-2-7-12(11)14(17)15(13)9-10-5-3-4-8-18-10/h1-2,6-7,10H,3-5,8-9H2/t10-/m1/s1. The van der Waals surface area contributed by atoms with Crippen molar-refractivity contribution >= 4 is 11.8 Å². The van der Waals surface area contributed by atoms with Gasteiger partial charge < -0.3 is 4.74 Å². The summed E-state index contributed by atoms with van der Waals surface area (Å²) < 4.78 is 5.59.